The molecule has 1 N–H and O–H groups in total. The molecule has 0 amide bonds. The lowest BCUT2D eigenvalue weighted by atomic mass is 9.85. The standard InChI is InChI=1S/C22H22BClN2O4/c1-23(28)26-12-16(10-24)20-17-8-15(22(27)29-2)11-25-21(17)19(9-18(20)26)30-13-14-6-4-3-5-7-14/h3-9,11,16,28H,10,12-13H2,1-2H3. The fourth-order valence-corrected chi connectivity index (χ4v) is 4.17. The summed E-state index contributed by atoms with van der Waals surface area (Å²) in [7, 11) is 0.653. The Hall–Kier alpha value is -2.77. The number of pyridine rings is 1. The van der Waals surface area contributed by atoms with Crippen LogP contribution in [0.4, 0.5) is 5.69 Å². The van der Waals surface area contributed by atoms with E-state index >= 15 is 0 Å². The number of anilines is 1. The number of halogens is 1. The lowest BCUT2D eigenvalue weighted by Crippen LogP contribution is -2.36. The van der Waals surface area contributed by atoms with Crippen molar-refractivity contribution in [3.05, 3.63) is 65.4 Å². The maximum absolute atomic E-state index is 12.1. The third-order valence-corrected chi connectivity index (χ3v) is 5.76. The Bertz CT molecular complexity index is 1080. The van der Waals surface area contributed by atoms with Crippen LogP contribution in [0.5, 0.6) is 5.75 Å². The first-order valence-electron chi connectivity index (χ1n) is 9.75. The van der Waals surface area contributed by atoms with Crippen LogP contribution in [0.25, 0.3) is 10.9 Å². The zero-order valence-electron chi connectivity index (χ0n) is 16.8. The van der Waals surface area contributed by atoms with E-state index in [1.54, 1.807) is 12.9 Å². The van der Waals surface area contributed by atoms with E-state index in [0.29, 0.717) is 35.9 Å². The number of benzene rings is 2. The van der Waals surface area contributed by atoms with Gasteiger partial charge in [0.1, 0.15) is 17.9 Å². The molecule has 0 saturated heterocycles. The highest BCUT2D eigenvalue weighted by Gasteiger charge is 2.35. The van der Waals surface area contributed by atoms with Crippen LogP contribution in [0.15, 0.2) is 48.7 Å². The highest BCUT2D eigenvalue weighted by atomic mass is 35.5. The summed E-state index contributed by atoms with van der Waals surface area (Å²) in [6.07, 6.45) is 1.49. The van der Waals surface area contributed by atoms with Crippen molar-refractivity contribution in [2.24, 2.45) is 0 Å². The van der Waals surface area contributed by atoms with E-state index in [2.05, 4.69) is 4.98 Å². The Labute approximate surface area is 180 Å². The average molecular weight is 425 g/mol. The van der Waals surface area contributed by atoms with Crippen LogP contribution in [-0.2, 0) is 11.3 Å². The van der Waals surface area contributed by atoms with Crippen molar-refractivity contribution < 1.29 is 19.3 Å². The van der Waals surface area contributed by atoms with Crippen molar-refractivity contribution in [3.8, 4) is 5.75 Å². The molecule has 30 heavy (non-hydrogen) atoms. The van der Waals surface area contributed by atoms with E-state index in [-0.39, 0.29) is 5.92 Å². The molecule has 0 radical (unpaired) electrons. The molecule has 1 atom stereocenters. The van der Waals surface area contributed by atoms with Crippen molar-refractivity contribution in [1.29, 1.82) is 0 Å². The monoisotopic (exact) mass is 424 g/mol. The molecular weight excluding hydrogens is 403 g/mol. The summed E-state index contributed by atoms with van der Waals surface area (Å²) in [5, 5.41) is 11.1. The second kappa shape index (κ2) is 8.54. The van der Waals surface area contributed by atoms with Crippen molar-refractivity contribution in [1.82, 2.24) is 4.98 Å². The first-order valence-corrected chi connectivity index (χ1v) is 10.3. The van der Waals surface area contributed by atoms with Crippen LogP contribution in [0.3, 0.4) is 0 Å². The number of nitrogens with zero attached hydrogens (tertiary/aromatic N) is 2. The Morgan fingerprint density at radius 3 is 2.77 bits per heavy atom. The number of esters is 1. The van der Waals surface area contributed by atoms with E-state index in [1.807, 2.05) is 41.2 Å². The smallest absolute Gasteiger partial charge is 0.409 e. The highest BCUT2D eigenvalue weighted by Crippen LogP contribution is 2.45. The summed E-state index contributed by atoms with van der Waals surface area (Å²) >= 11 is 6.26. The number of aromatic nitrogens is 1. The molecule has 4 rings (SSSR count). The van der Waals surface area contributed by atoms with Crippen LogP contribution < -0.4 is 9.55 Å². The molecule has 0 saturated carbocycles. The summed E-state index contributed by atoms with van der Waals surface area (Å²) in [4.78, 5) is 18.5. The maximum atomic E-state index is 12.1. The van der Waals surface area contributed by atoms with Gasteiger partial charge in [0, 0.05) is 41.7 Å². The second-order valence-electron chi connectivity index (χ2n) is 7.33. The third kappa shape index (κ3) is 3.71. The largest absolute Gasteiger partial charge is 0.487 e. The molecule has 1 aromatic heterocycles. The highest BCUT2D eigenvalue weighted by molar-refractivity contribution is 6.54. The van der Waals surface area contributed by atoms with Crippen molar-refractivity contribution in [2.75, 3.05) is 24.3 Å². The normalized spacial score (nSPS) is 15.2. The van der Waals surface area contributed by atoms with Crippen LogP contribution >= 0.6 is 11.6 Å². The van der Waals surface area contributed by atoms with Crippen LogP contribution in [0.2, 0.25) is 6.82 Å². The van der Waals surface area contributed by atoms with Gasteiger partial charge in [-0.05, 0) is 24.0 Å². The molecule has 0 fully saturated rings. The molecule has 8 heteroatoms. The number of methoxy groups -OCH3 is 1. The van der Waals surface area contributed by atoms with Gasteiger partial charge in [-0.1, -0.05) is 30.3 Å². The average Bonchev–Trinajstić information content (AvgIpc) is 3.16. The number of ether oxygens (including phenoxy) is 2. The first-order chi connectivity index (χ1) is 14.5. The molecule has 6 nitrogen and oxygen atoms in total. The van der Waals surface area contributed by atoms with E-state index in [1.165, 1.54) is 13.3 Å². The lowest BCUT2D eigenvalue weighted by molar-refractivity contribution is 0.0600. The van der Waals surface area contributed by atoms with Crippen molar-refractivity contribution in [2.45, 2.75) is 19.3 Å². The number of alkyl halides is 1. The van der Waals surface area contributed by atoms with Crippen LogP contribution in [0.1, 0.15) is 27.4 Å². The molecule has 2 heterocycles. The predicted molar refractivity (Wildman–Crippen MR) is 119 cm³/mol. The van der Waals surface area contributed by atoms with E-state index in [0.717, 1.165) is 22.2 Å². The van der Waals surface area contributed by atoms with Crippen molar-refractivity contribution in [3.63, 3.8) is 0 Å². The lowest BCUT2D eigenvalue weighted by Gasteiger charge is -2.21. The van der Waals surface area contributed by atoms with Crippen LogP contribution in [0, 0.1) is 0 Å². The quantitative estimate of drug-likeness (QED) is 0.368. The molecule has 3 aromatic rings. The number of fused-ring (bicyclic) bond motifs is 3. The van der Waals surface area contributed by atoms with Gasteiger partial charge in [0.05, 0.1) is 12.7 Å². The van der Waals surface area contributed by atoms with Gasteiger partial charge in [-0.2, -0.15) is 0 Å². The minimum atomic E-state index is -0.687. The fourth-order valence-electron chi connectivity index (χ4n) is 3.92. The number of rotatable bonds is 6. The van der Waals surface area contributed by atoms with E-state index in [4.69, 9.17) is 21.1 Å². The number of hydrogen-bond donors (Lipinski definition) is 1. The zero-order chi connectivity index (χ0) is 21.3. The molecule has 1 aliphatic heterocycles. The number of hydrogen-bond acceptors (Lipinski definition) is 6. The van der Waals surface area contributed by atoms with Gasteiger partial charge in [0.15, 0.2) is 0 Å². The number of carbonyl (C=O) groups excluding carboxylic acids is 1. The summed E-state index contributed by atoms with van der Waals surface area (Å²) in [6.45, 7) is 2.68. The summed E-state index contributed by atoms with van der Waals surface area (Å²) in [5.74, 6) is 0.515. The third-order valence-electron chi connectivity index (χ3n) is 5.39. The predicted octanol–water partition coefficient (Wildman–Crippen LogP) is 3.85. The minimum Gasteiger partial charge on any atom is -0.487 e. The topological polar surface area (TPSA) is 71.9 Å². The van der Waals surface area contributed by atoms with Crippen molar-refractivity contribution >= 4 is 41.2 Å². The first kappa shape index (κ1) is 20.5. The SMILES string of the molecule is COC(=O)c1cnc2c(OCc3ccccc3)cc3c(c2c1)C(CCl)CN3B(C)O. The summed E-state index contributed by atoms with van der Waals surface area (Å²) in [6, 6.07) is 13.5. The Morgan fingerprint density at radius 2 is 2.10 bits per heavy atom. The van der Waals surface area contributed by atoms with Gasteiger partial charge in [0.2, 0.25) is 0 Å². The molecule has 2 aromatic carbocycles. The molecular formula is C22H22BClN2O4. The molecule has 0 bridgehead atoms. The summed E-state index contributed by atoms with van der Waals surface area (Å²) in [5.41, 5.74) is 3.85. The fraction of sp³-hybridized carbons (Fsp3) is 0.273. The van der Waals surface area contributed by atoms with E-state index in [9.17, 15) is 9.82 Å². The molecule has 0 aliphatic carbocycles. The van der Waals surface area contributed by atoms with Gasteiger partial charge in [-0.3, -0.25) is 4.98 Å². The van der Waals surface area contributed by atoms with E-state index < -0.39 is 13.0 Å². The molecule has 0 spiro atoms. The van der Waals surface area contributed by atoms with Gasteiger partial charge in [-0.15, -0.1) is 11.6 Å². The van der Waals surface area contributed by atoms with Crippen LogP contribution in [-0.4, -0.2) is 42.6 Å². The Balaban J connectivity index is 1.87. The summed E-state index contributed by atoms with van der Waals surface area (Å²) < 4.78 is 11.0. The Morgan fingerprint density at radius 1 is 1.33 bits per heavy atom. The maximum Gasteiger partial charge on any atom is 0.409 e. The Kier molecular flexibility index (Phi) is 5.84. The zero-order valence-corrected chi connectivity index (χ0v) is 17.6. The molecule has 1 unspecified atom stereocenters. The minimum absolute atomic E-state index is 0.00311. The van der Waals surface area contributed by atoms with Gasteiger partial charge in [-0.25, -0.2) is 4.79 Å². The molecule has 154 valence electrons. The molecule has 1 aliphatic rings. The van der Waals surface area contributed by atoms with Gasteiger partial charge in [0.25, 0.3) is 0 Å². The second-order valence-corrected chi connectivity index (χ2v) is 7.64. The number of carbonyl (C=O) groups is 1. The van der Waals surface area contributed by atoms with Gasteiger partial charge >= 0.3 is 13.0 Å². The van der Waals surface area contributed by atoms with Gasteiger partial charge < -0.3 is 19.3 Å².